The molecule has 1 aromatic heterocycles. The van der Waals surface area contributed by atoms with Crippen LogP contribution in [0, 0.1) is 12.7 Å². The molecule has 0 aliphatic rings. The fourth-order valence-corrected chi connectivity index (χ4v) is 2.53. The highest BCUT2D eigenvalue weighted by atomic mass is 19.1. The van der Waals surface area contributed by atoms with Gasteiger partial charge in [-0.05, 0) is 31.9 Å². The fraction of sp³-hybridized carbons (Fsp3) is 0.368. The molecule has 1 heterocycles. The zero-order valence-corrected chi connectivity index (χ0v) is 15.3. The van der Waals surface area contributed by atoms with E-state index < -0.39 is 17.2 Å². The van der Waals surface area contributed by atoms with Gasteiger partial charge in [-0.3, -0.25) is 14.4 Å². The Bertz CT molecular complexity index is 879. The number of halogens is 1. The summed E-state index contributed by atoms with van der Waals surface area (Å²) in [6.07, 6.45) is 2.37. The van der Waals surface area contributed by atoms with Gasteiger partial charge < -0.3 is 10.1 Å². The Morgan fingerprint density at radius 3 is 2.67 bits per heavy atom. The molecular formula is C19H22FN3O4. The van der Waals surface area contributed by atoms with Gasteiger partial charge in [0.1, 0.15) is 11.5 Å². The molecule has 0 saturated carbocycles. The molecule has 0 radical (unpaired) electrons. The molecule has 1 aromatic carbocycles. The molecule has 0 unspecified atom stereocenters. The highest BCUT2D eigenvalue weighted by Crippen LogP contribution is 2.13. The normalized spacial score (nSPS) is 10.5. The second kappa shape index (κ2) is 9.61. The van der Waals surface area contributed by atoms with Crippen molar-refractivity contribution >= 4 is 11.9 Å². The second-order valence-corrected chi connectivity index (χ2v) is 6.00. The van der Waals surface area contributed by atoms with Crippen LogP contribution < -0.4 is 10.7 Å². The van der Waals surface area contributed by atoms with Crippen molar-refractivity contribution in [3.05, 3.63) is 57.8 Å². The van der Waals surface area contributed by atoms with Crippen LogP contribution in [0.2, 0.25) is 0 Å². The lowest BCUT2D eigenvalue weighted by atomic mass is 10.2. The number of carbonyl (C=O) groups is 2. The number of benzene rings is 1. The number of rotatable bonds is 8. The van der Waals surface area contributed by atoms with E-state index in [2.05, 4.69) is 15.2 Å². The fourth-order valence-electron chi connectivity index (χ4n) is 2.53. The van der Waals surface area contributed by atoms with E-state index >= 15 is 0 Å². The van der Waals surface area contributed by atoms with E-state index in [0.29, 0.717) is 31.5 Å². The summed E-state index contributed by atoms with van der Waals surface area (Å²) in [7, 11) is 1.34. The van der Waals surface area contributed by atoms with E-state index in [1.165, 1.54) is 30.0 Å². The van der Waals surface area contributed by atoms with Crippen molar-refractivity contribution in [2.75, 3.05) is 13.7 Å². The standard InChI is InChI=1S/C19H22FN3O4/c1-13-12-16(24)18(22-23(13)15-9-6-5-8-14(15)20)19(26)21-11-7-3-4-10-17(25)27-2/h5-6,8-9,12H,3-4,7,10-11H2,1-2H3,(H,21,26). The van der Waals surface area contributed by atoms with E-state index in [0.717, 1.165) is 6.42 Å². The Morgan fingerprint density at radius 1 is 1.22 bits per heavy atom. The summed E-state index contributed by atoms with van der Waals surface area (Å²) < 4.78 is 19.8. The Hall–Kier alpha value is -3.03. The first-order chi connectivity index (χ1) is 12.9. The number of unbranched alkanes of at least 4 members (excludes halogenated alkanes) is 2. The van der Waals surface area contributed by atoms with Gasteiger partial charge in [0.15, 0.2) is 5.69 Å². The van der Waals surface area contributed by atoms with E-state index in [1.807, 2.05) is 0 Å². The van der Waals surface area contributed by atoms with Crippen LogP contribution in [0.4, 0.5) is 4.39 Å². The molecule has 2 rings (SSSR count). The van der Waals surface area contributed by atoms with Crippen LogP contribution >= 0.6 is 0 Å². The van der Waals surface area contributed by atoms with Crippen molar-refractivity contribution in [2.45, 2.75) is 32.6 Å². The van der Waals surface area contributed by atoms with Crippen LogP contribution in [-0.4, -0.2) is 35.3 Å². The van der Waals surface area contributed by atoms with Crippen molar-refractivity contribution in [3.63, 3.8) is 0 Å². The van der Waals surface area contributed by atoms with Gasteiger partial charge in [-0.2, -0.15) is 5.10 Å². The van der Waals surface area contributed by atoms with Crippen LogP contribution in [-0.2, 0) is 9.53 Å². The molecule has 27 heavy (non-hydrogen) atoms. The lowest BCUT2D eigenvalue weighted by Crippen LogP contribution is -2.32. The quantitative estimate of drug-likeness (QED) is 0.564. The number of aryl methyl sites for hydroxylation is 1. The zero-order chi connectivity index (χ0) is 19.8. The molecule has 7 nitrogen and oxygen atoms in total. The first kappa shape index (κ1) is 20.3. The third-order valence-electron chi connectivity index (χ3n) is 3.97. The maximum atomic E-state index is 14.0. The van der Waals surface area contributed by atoms with Gasteiger partial charge >= 0.3 is 5.97 Å². The van der Waals surface area contributed by atoms with Gasteiger partial charge in [-0.15, -0.1) is 0 Å². The largest absolute Gasteiger partial charge is 0.469 e. The van der Waals surface area contributed by atoms with Crippen molar-refractivity contribution in [3.8, 4) is 5.69 Å². The Labute approximate surface area is 156 Å². The molecule has 1 amide bonds. The highest BCUT2D eigenvalue weighted by Gasteiger charge is 2.16. The molecule has 2 aromatic rings. The molecule has 0 spiro atoms. The molecule has 0 aliphatic carbocycles. The van der Waals surface area contributed by atoms with E-state index in [9.17, 15) is 18.8 Å². The molecule has 144 valence electrons. The van der Waals surface area contributed by atoms with Crippen LogP contribution in [0.5, 0.6) is 0 Å². The second-order valence-electron chi connectivity index (χ2n) is 6.00. The van der Waals surface area contributed by atoms with Crippen LogP contribution in [0.1, 0.15) is 41.9 Å². The van der Waals surface area contributed by atoms with Crippen molar-refractivity contribution < 1.29 is 18.7 Å². The molecule has 1 N–H and O–H groups in total. The van der Waals surface area contributed by atoms with Crippen molar-refractivity contribution in [1.82, 2.24) is 15.1 Å². The topological polar surface area (TPSA) is 90.3 Å². The van der Waals surface area contributed by atoms with E-state index in [-0.39, 0.29) is 17.4 Å². The third-order valence-corrected chi connectivity index (χ3v) is 3.97. The smallest absolute Gasteiger partial charge is 0.305 e. The third kappa shape index (κ3) is 5.47. The summed E-state index contributed by atoms with van der Waals surface area (Å²) in [5, 5.41) is 6.67. The summed E-state index contributed by atoms with van der Waals surface area (Å²) in [6, 6.07) is 7.24. The van der Waals surface area contributed by atoms with Gasteiger partial charge in [-0.25, -0.2) is 9.07 Å². The van der Waals surface area contributed by atoms with Gasteiger partial charge in [-0.1, -0.05) is 18.6 Å². The minimum atomic E-state index is -0.613. The van der Waals surface area contributed by atoms with E-state index in [4.69, 9.17) is 0 Å². The number of carbonyl (C=O) groups excluding carboxylic acids is 2. The summed E-state index contributed by atoms with van der Waals surface area (Å²) in [6.45, 7) is 1.96. The summed E-state index contributed by atoms with van der Waals surface area (Å²) in [5.41, 5.74) is -0.238. The Morgan fingerprint density at radius 2 is 1.96 bits per heavy atom. The zero-order valence-electron chi connectivity index (χ0n) is 15.3. The molecule has 0 saturated heterocycles. The number of amides is 1. The average Bonchev–Trinajstić information content (AvgIpc) is 2.65. The average molecular weight is 375 g/mol. The Kier molecular flexibility index (Phi) is 7.22. The van der Waals surface area contributed by atoms with Gasteiger partial charge in [0.25, 0.3) is 5.91 Å². The number of hydrogen-bond acceptors (Lipinski definition) is 5. The number of hydrogen-bond donors (Lipinski definition) is 1. The Balaban J connectivity index is 2.02. The lowest BCUT2D eigenvalue weighted by Gasteiger charge is -2.12. The van der Waals surface area contributed by atoms with Crippen LogP contribution in [0.15, 0.2) is 35.1 Å². The number of esters is 1. The van der Waals surface area contributed by atoms with Crippen LogP contribution in [0.3, 0.4) is 0 Å². The SMILES string of the molecule is COC(=O)CCCCCNC(=O)c1nn(-c2ccccc2F)c(C)cc1=O. The molecule has 0 fully saturated rings. The molecule has 0 aliphatic heterocycles. The summed E-state index contributed by atoms with van der Waals surface area (Å²) >= 11 is 0. The highest BCUT2D eigenvalue weighted by molar-refractivity contribution is 5.92. The summed E-state index contributed by atoms with van der Waals surface area (Å²) in [5.74, 6) is -1.39. The predicted octanol–water partition coefficient (Wildman–Crippen LogP) is 2.14. The van der Waals surface area contributed by atoms with E-state index in [1.54, 1.807) is 19.1 Å². The maximum Gasteiger partial charge on any atom is 0.305 e. The number of ether oxygens (including phenoxy) is 1. The molecular weight excluding hydrogens is 353 g/mol. The van der Waals surface area contributed by atoms with Gasteiger partial charge in [0.2, 0.25) is 5.43 Å². The summed E-state index contributed by atoms with van der Waals surface area (Å²) in [4.78, 5) is 35.4. The van der Waals surface area contributed by atoms with Gasteiger partial charge in [0, 0.05) is 24.7 Å². The van der Waals surface area contributed by atoms with Crippen molar-refractivity contribution in [2.24, 2.45) is 0 Å². The van der Waals surface area contributed by atoms with Crippen LogP contribution in [0.25, 0.3) is 5.69 Å². The predicted molar refractivity (Wildman–Crippen MR) is 97.3 cm³/mol. The molecule has 0 atom stereocenters. The number of para-hydroxylation sites is 1. The minimum Gasteiger partial charge on any atom is -0.469 e. The monoisotopic (exact) mass is 375 g/mol. The first-order valence-corrected chi connectivity index (χ1v) is 8.65. The van der Waals surface area contributed by atoms with Gasteiger partial charge in [0.05, 0.1) is 7.11 Å². The minimum absolute atomic E-state index is 0.159. The van der Waals surface area contributed by atoms with Crippen molar-refractivity contribution in [1.29, 1.82) is 0 Å². The first-order valence-electron chi connectivity index (χ1n) is 8.65. The number of methoxy groups -OCH3 is 1. The molecule has 0 bridgehead atoms. The maximum absolute atomic E-state index is 14.0. The number of nitrogens with zero attached hydrogens (tertiary/aromatic N) is 2. The number of aromatic nitrogens is 2. The number of nitrogens with one attached hydrogen (secondary N) is 1. The molecule has 8 heteroatoms. The lowest BCUT2D eigenvalue weighted by molar-refractivity contribution is -0.140.